The SMILES string of the molecule is Cc1ncc(CNC2CC(c3ccccc3Br)C2)s1. The predicted octanol–water partition coefficient (Wildman–Crippen LogP) is 4.25. The van der Waals surface area contributed by atoms with Crippen molar-refractivity contribution in [3.8, 4) is 0 Å². The summed E-state index contributed by atoms with van der Waals surface area (Å²) in [6.45, 7) is 3.01. The number of thiazole rings is 1. The van der Waals surface area contributed by atoms with E-state index in [1.165, 1.54) is 27.8 Å². The van der Waals surface area contributed by atoms with E-state index in [2.05, 4.69) is 57.4 Å². The van der Waals surface area contributed by atoms with Crippen LogP contribution in [0, 0.1) is 6.92 Å². The molecule has 2 nitrogen and oxygen atoms in total. The summed E-state index contributed by atoms with van der Waals surface area (Å²) in [5.74, 6) is 0.705. The summed E-state index contributed by atoms with van der Waals surface area (Å²) in [6, 6.07) is 9.22. The van der Waals surface area contributed by atoms with Gasteiger partial charge < -0.3 is 5.32 Å². The van der Waals surface area contributed by atoms with Crippen LogP contribution in [0.15, 0.2) is 34.9 Å². The molecule has 1 heterocycles. The van der Waals surface area contributed by atoms with E-state index in [1.807, 2.05) is 6.20 Å². The smallest absolute Gasteiger partial charge is 0.0897 e. The summed E-state index contributed by atoms with van der Waals surface area (Å²) >= 11 is 5.43. The second kappa shape index (κ2) is 5.73. The van der Waals surface area contributed by atoms with Crippen LogP contribution in [0.2, 0.25) is 0 Å². The molecule has 100 valence electrons. The van der Waals surface area contributed by atoms with Crippen LogP contribution in [-0.2, 0) is 6.54 Å². The number of rotatable bonds is 4. The average Bonchev–Trinajstić information content (AvgIpc) is 2.75. The van der Waals surface area contributed by atoms with Gasteiger partial charge in [-0.25, -0.2) is 4.98 Å². The maximum absolute atomic E-state index is 4.28. The Labute approximate surface area is 126 Å². The molecule has 1 fully saturated rings. The zero-order valence-electron chi connectivity index (χ0n) is 10.9. The van der Waals surface area contributed by atoms with Crippen LogP contribution in [0.1, 0.15) is 34.2 Å². The maximum Gasteiger partial charge on any atom is 0.0897 e. The largest absolute Gasteiger partial charge is 0.309 e. The van der Waals surface area contributed by atoms with Crippen molar-refractivity contribution in [2.45, 2.75) is 38.3 Å². The highest BCUT2D eigenvalue weighted by molar-refractivity contribution is 9.10. The van der Waals surface area contributed by atoms with Crippen LogP contribution in [0.3, 0.4) is 0 Å². The Morgan fingerprint density at radius 2 is 2.16 bits per heavy atom. The molecule has 1 saturated carbocycles. The molecule has 1 aromatic carbocycles. The third-order valence-electron chi connectivity index (χ3n) is 3.72. The van der Waals surface area contributed by atoms with E-state index in [1.54, 1.807) is 11.3 Å². The molecule has 0 radical (unpaired) electrons. The standard InChI is InChI=1S/C15H17BrN2S/c1-10-17-8-13(19-10)9-18-12-6-11(7-12)14-4-2-3-5-15(14)16/h2-5,8,11-12,18H,6-7,9H2,1H3. The molecule has 4 heteroatoms. The first-order valence-corrected chi connectivity index (χ1v) is 8.22. The first-order chi connectivity index (χ1) is 9.22. The monoisotopic (exact) mass is 336 g/mol. The first-order valence-electron chi connectivity index (χ1n) is 6.61. The van der Waals surface area contributed by atoms with Crippen LogP contribution >= 0.6 is 27.3 Å². The minimum absolute atomic E-state index is 0.652. The summed E-state index contributed by atoms with van der Waals surface area (Å²) in [5, 5.41) is 4.77. The molecule has 0 spiro atoms. The lowest BCUT2D eigenvalue weighted by Gasteiger charge is -2.36. The topological polar surface area (TPSA) is 24.9 Å². The minimum Gasteiger partial charge on any atom is -0.309 e. The number of nitrogens with zero attached hydrogens (tertiary/aromatic N) is 1. The van der Waals surface area contributed by atoms with E-state index in [-0.39, 0.29) is 0 Å². The highest BCUT2D eigenvalue weighted by Gasteiger charge is 2.30. The third kappa shape index (κ3) is 3.07. The lowest BCUT2D eigenvalue weighted by molar-refractivity contribution is 0.289. The van der Waals surface area contributed by atoms with Crippen molar-refractivity contribution in [1.29, 1.82) is 0 Å². The van der Waals surface area contributed by atoms with Gasteiger partial charge in [0, 0.05) is 28.1 Å². The molecule has 1 aromatic heterocycles. The summed E-state index contributed by atoms with van der Waals surface area (Å²) in [5.41, 5.74) is 1.45. The van der Waals surface area contributed by atoms with Gasteiger partial charge in [0.25, 0.3) is 0 Å². The van der Waals surface area contributed by atoms with E-state index in [9.17, 15) is 0 Å². The lowest BCUT2D eigenvalue weighted by Crippen LogP contribution is -2.39. The molecule has 2 aromatic rings. The number of halogens is 1. The van der Waals surface area contributed by atoms with E-state index in [0.29, 0.717) is 12.0 Å². The minimum atomic E-state index is 0.652. The van der Waals surface area contributed by atoms with E-state index < -0.39 is 0 Å². The van der Waals surface area contributed by atoms with Crippen LogP contribution in [0.25, 0.3) is 0 Å². The van der Waals surface area contributed by atoms with Gasteiger partial charge in [-0.15, -0.1) is 11.3 Å². The fourth-order valence-corrected chi connectivity index (χ4v) is 3.93. The molecule has 1 N–H and O–H groups in total. The summed E-state index contributed by atoms with van der Waals surface area (Å²) in [4.78, 5) is 5.62. The fourth-order valence-electron chi connectivity index (χ4n) is 2.58. The molecule has 3 rings (SSSR count). The van der Waals surface area contributed by atoms with Crippen molar-refractivity contribution in [3.63, 3.8) is 0 Å². The van der Waals surface area contributed by atoms with Gasteiger partial charge in [0.1, 0.15) is 0 Å². The number of nitrogens with one attached hydrogen (secondary N) is 1. The Kier molecular flexibility index (Phi) is 4.01. The van der Waals surface area contributed by atoms with E-state index in [0.717, 1.165) is 11.6 Å². The van der Waals surface area contributed by atoms with Crippen LogP contribution in [0.4, 0.5) is 0 Å². The molecule has 0 amide bonds. The van der Waals surface area contributed by atoms with Crippen molar-refractivity contribution in [2.75, 3.05) is 0 Å². The Morgan fingerprint density at radius 1 is 1.37 bits per heavy atom. The Morgan fingerprint density at radius 3 is 2.84 bits per heavy atom. The zero-order valence-corrected chi connectivity index (χ0v) is 13.3. The van der Waals surface area contributed by atoms with Crippen LogP contribution in [-0.4, -0.2) is 11.0 Å². The molecule has 0 bridgehead atoms. The van der Waals surface area contributed by atoms with E-state index >= 15 is 0 Å². The molecular weight excluding hydrogens is 320 g/mol. The summed E-state index contributed by atoms with van der Waals surface area (Å²) in [7, 11) is 0. The quantitative estimate of drug-likeness (QED) is 0.902. The first kappa shape index (κ1) is 13.3. The molecule has 19 heavy (non-hydrogen) atoms. The van der Waals surface area contributed by atoms with Gasteiger partial charge in [0.15, 0.2) is 0 Å². The molecule has 1 aliphatic rings. The number of hydrogen-bond donors (Lipinski definition) is 1. The highest BCUT2D eigenvalue weighted by Crippen LogP contribution is 2.40. The van der Waals surface area contributed by atoms with Crippen molar-refractivity contribution in [3.05, 3.63) is 50.4 Å². The van der Waals surface area contributed by atoms with Gasteiger partial charge >= 0.3 is 0 Å². The van der Waals surface area contributed by atoms with Crippen molar-refractivity contribution in [2.24, 2.45) is 0 Å². The van der Waals surface area contributed by atoms with Gasteiger partial charge in [-0.2, -0.15) is 0 Å². The van der Waals surface area contributed by atoms with E-state index in [4.69, 9.17) is 0 Å². The summed E-state index contributed by atoms with van der Waals surface area (Å²) < 4.78 is 1.25. The molecule has 0 unspecified atom stereocenters. The number of hydrogen-bond acceptors (Lipinski definition) is 3. The third-order valence-corrected chi connectivity index (χ3v) is 5.35. The van der Waals surface area contributed by atoms with Gasteiger partial charge in [0.05, 0.1) is 5.01 Å². The normalized spacial score (nSPS) is 22.2. The maximum atomic E-state index is 4.28. The van der Waals surface area contributed by atoms with Crippen molar-refractivity contribution >= 4 is 27.3 Å². The lowest BCUT2D eigenvalue weighted by atomic mass is 9.76. The molecule has 0 aliphatic heterocycles. The molecule has 1 aliphatic carbocycles. The summed E-state index contributed by atoms with van der Waals surface area (Å²) in [6.07, 6.45) is 4.46. The number of benzene rings is 1. The van der Waals surface area contributed by atoms with Crippen LogP contribution < -0.4 is 5.32 Å². The van der Waals surface area contributed by atoms with Gasteiger partial charge in [-0.05, 0) is 37.3 Å². The Hall–Kier alpha value is -0.710. The van der Waals surface area contributed by atoms with Crippen molar-refractivity contribution in [1.82, 2.24) is 10.3 Å². The fraction of sp³-hybridized carbons (Fsp3) is 0.400. The zero-order chi connectivity index (χ0) is 13.2. The predicted molar refractivity (Wildman–Crippen MR) is 83.6 cm³/mol. The number of aromatic nitrogens is 1. The number of aryl methyl sites for hydroxylation is 1. The molecule has 0 saturated heterocycles. The van der Waals surface area contributed by atoms with Gasteiger partial charge in [0.2, 0.25) is 0 Å². The molecule has 0 atom stereocenters. The second-order valence-electron chi connectivity index (χ2n) is 5.11. The van der Waals surface area contributed by atoms with Gasteiger partial charge in [-0.3, -0.25) is 0 Å². The average molecular weight is 337 g/mol. The Balaban J connectivity index is 1.49. The Bertz CT molecular complexity index is 561. The van der Waals surface area contributed by atoms with Gasteiger partial charge in [-0.1, -0.05) is 34.1 Å². The second-order valence-corrected chi connectivity index (χ2v) is 7.29. The van der Waals surface area contributed by atoms with Crippen LogP contribution in [0.5, 0.6) is 0 Å². The highest BCUT2D eigenvalue weighted by atomic mass is 79.9. The molecular formula is C15H17BrN2S. The van der Waals surface area contributed by atoms with Crippen molar-refractivity contribution < 1.29 is 0 Å².